The van der Waals surface area contributed by atoms with Crippen molar-refractivity contribution in [3.63, 3.8) is 0 Å². The average molecular weight is 336 g/mol. The summed E-state index contributed by atoms with van der Waals surface area (Å²) in [6.45, 7) is 0.0734. The van der Waals surface area contributed by atoms with Gasteiger partial charge < -0.3 is 10.4 Å². The molecule has 0 amide bonds. The van der Waals surface area contributed by atoms with E-state index in [-0.39, 0.29) is 12.3 Å². The van der Waals surface area contributed by atoms with Gasteiger partial charge in [-0.1, -0.05) is 15.9 Å². The van der Waals surface area contributed by atoms with Gasteiger partial charge in [-0.3, -0.25) is 4.79 Å². The van der Waals surface area contributed by atoms with E-state index >= 15 is 0 Å². The van der Waals surface area contributed by atoms with Crippen LogP contribution in [0.3, 0.4) is 0 Å². The first-order valence-electron chi connectivity index (χ1n) is 5.18. The number of aliphatic carboxylic acids is 1. The minimum atomic E-state index is -3.31. The van der Waals surface area contributed by atoms with Gasteiger partial charge in [-0.15, -0.1) is 0 Å². The van der Waals surface area contributed by atoms with Crippen molar-refractivity contribution >= 4 is 37.4 Å². The maximum Gasteiger partial charge on any atom is 0.309 e. The van der Waals surface area contributed by atoms with Crippen molar-refractivity contribution in [2.45, 2.75) is 0 Å². The summed E-state index contributed by atoms with van der Waals surface area (Å²) < 4.78 is 23.1. The summed E-state index contributed by atoms with van der Waals surface area (Å²) in [5, 5.41) is 11.9. The number of carboxylic acids is 1. The lowest BCUT2D eigenvalue weighted by Crippen LogP contribution is -2.29. The van der Waals surface area contributed by atoms with Gasteiger partial charge in [0.1, 0.15) is 9.84 Å². The third kappa shape index (κ3) is 5.50. The standard InChI is InChI=1S/C11H14BrNO4S/c1-18(16,17)7-8(11(14)15)6-13-10-4-2-9(12)3-5-10/h2-5,8,13H,6-7H2,1H3,(H,14,15). The molecule has 0 radical (unpaired) electrons. The van der Waals surface area contributed by atoms with E-state index in [9.17, 15) is 13.2 Å². The van der Waals surface area contributed by atoms with Gasteiger partial charge >= 0.3 is 5.97 Å². The molecule has 5 nitrogen and oxygen atoms in total. The van der Waals surface area contributed by atoms with Crippen LogP contribution in [0.1, 0.15) is 0 Å². The van der Waals surface area contributed by atoms with E-state index in [2.05, 4.69) is 21.2 Å². The number of halogens is 1. The fraction of sp³-hybridized carbons (Fsp3) is 0.364. The Hall–Kier alpha value is -1.08. The third-order valence-corrected chi connectivity index (χ3v) is 3.79. The molecular weight excluding hydrogens is 322 g/mol. The smallest absolute Gasteiger partial charge is 0.309 e. The number of hydrogen-bond acceptors (Lipinski definition) is 4. The predicted molar refractivity (Wildman–Crippen MR) is 73.5 cm³/mol. The summed E-state index contributed by atoms with van der Waals surface area (Å²) in [4.78, 5) is 10.9. The van der Waals surface area contributed by atoms with Crippen molar-refractivity contribution in [3.05, 3.63) is 28.7 Å². The number of benzene rings is 1. The van der Waals surface area contributed by atoms with Gasteiger partial charge in [0.15, 0.2) is 0 Å². The number of carbonyl (C=O) groups is 1. The van der Waals surface area contributed by atoms with Gasteiger partial charge in [-0.2, -0.15) is 0 Å². The summed E-state index contributed by atoms with van der Waals surface area (Å²) in [7, 11) is -3.31. The monoisotopic (exact) mass is 335 g/mol. The Labute approximate surface area is 114 Å². The zero-order valence-electron chi connectivity index (χ0n) is 9.76. The van der Waals surface area contributed by atoms with Gasteiger partial charge in [0.25, 0.3) is 0 Å². The fourth-order valence-corrected chi connectivity index (χ4v) is 2.65. The highest BCUT2D eigenvalue weighted by Gasteiger charge is 2.22. The molecule has 2 N–H and O–H groups in total. The van der Waals surface area contributed by atoms with Crippen LogP contribution in [0.4, 0.5) is 5.69 Å². The zero-order valence-corrected chi connectivity index (χ0v) is 12.2. The van der Waals surface area contributed by atoms with Crippen molar-refractivity contribution in [3.8, 4) is 0 Å². The van der Waals surface area contributed by atoms with Crippen LogP contribution in [-0.2, 0) is 14.6 Å². The Morgan fingerprint density at radius 1 is 1.39 bits per heavy atom. The van der Waals surface area contributed by atoms with Crippen molar-refractivity contribution in [2.75, 3.05) is 23.9 Å². The largest absolute Gasteiger partial charge is 0.481 e. The molecule has 0 saturated heterocycles. The molecule has 1 unspecified atom stereocenters. The lowest BCUT2D eigenvalue weighted by molar-refractivity contribution is -0.140. The van der Waals surface area contributed by atoms with E-state index in [1.54, 1.807) is 12.1 Å². The van der Waals surface area contributed by atoms with Crippen molar-refractivity contribution in [1.29, 1.82) is 0 Å². The maximum absolute atomic E-state index is 11.1. The van der Waals surface area contributed by atoms with Crippen LogP contribution in [-0.4, -0.2) is 38.0 Å². The van der Waals surface area contributed by atoms with E-state index < -0.39 is 21.7 Å². The molecule has 1 aromatic carbocycles. The number of carboxylic acid groups (broad SMARTS) is 1. The molecule has 1 atom stereocenters. The Morgan fingerprint density at radius 3 is 2.39 bits per heavy atom. The second kappa shape index (κ2) is 6.19. The van der Waals surface area contributed by atoms with Gasteiger partial charge in [0.05, 0.1) is 11.7 Å². The minimum absolute atomic E-state index is 0.0734. The molecule has 0 heterocycles. The SMILES string of the molecule is CS(=O)(=O)CC(CNc1ccc(Br)cc1)C(=O)O. The minimum Gasteiger partial charge on any atom is -0.481 e. The number of anilines is 1. The van der Waals surface area contributed by atoms with Crippen LogP contribution in [0, 0.1) is 5.92 Å². The molecule has 1 rings (SSSR count). The van der Waals surface area contributed by atoms with E-state index in [1.807, 2.05) is 12.1 Å². The first kappa shape index (κ1) is 15.0. The van der Waals surface area contributed by atoms with Crippen LogP contribution >= 0.6 is 15.9 Å². The van der Waals surface area contributed by atoms with Gasteiger partial charge in [-0.25, -0.2) is 8.42 Å². The Morgan fingerprint density at radius 2 is 1.94 bits per heavy atom. The van der Waals surface area contributed by atoms with E-state index in [1.165, 1.54) is 0 Å². The summed E-state index contributed by atoms with van der Waals surface area (Å²) in [6, 6.07) is 7.19. The van der Waals surface area contributed by atoms with Crippen LogP contribution in [0.2, 0.25) is 0 Å². The normalized spacial score (nSPS) is 13.0. The highest BCUT2D eigenvalue weighted by Crippen LogP contribution is 2.14. The first-order valence-corrected chi connectivity index (χ1v) is 8.03. The Balaban J connectivity index is 2.63. The summed E-state index contributed by atoms with van der Waals surface area (Å²) in [6.07, 6.45) is 1.03. The highest BCUT2D eigenvalue weighted by atomic mass is 79.9. The van der Waals surface area contributed by atoms with Crippen LogP contribution in [0.5, 0.6) is 0 Å². The van der Waals surface area contributed by atoms with E-state index in [4.69, 9.17) is 5.11 Å². The fourth-order valence-electron chi connectivity index (χ4n) is 1.39. The van der Waals surface area contributed by atoms with Crippen LogP contribution < -0.4 is 5.32 Å². The highest BCUT2D eigenvalue weighted by molar-refractivity contribution is 9.10. The second-order valence-corrected chi connectivity index (χ2v) is 7.12. The molecule has 0 bridgehead atoms. The molecule has 0 aliphatic rings. The van der Waals surface area contributed by atoms with Crippen molar-refractivity contribution < 1.29 is 18.3 Å². The molecule has 0 aliphatic carbocycles. The zero-order chi connectivity index (χ0) is 13.8. The molecule has 1 aromatic rings. The van der Waals surface area contributed by atoms with Gasteiger partial charge in [-0.05, 0) is 24.3 Å². The Kier molecular flexibility index (Phi) is 5.15. The third-order valence-electron chi connectivity index (χ3n) is 2.25. The maximum atomic E-state index is 11.1. The number of hydrogen-bond donors (Lipinski definition) is 2. The van der Waals surface area contributed by atoms with Crippen LogP contribution in [0.25, 0.3) is 0 Å². The summed E-state index contributed by atoms with van der Waals surface area (Å²) in [5.74, 6) is -2.44. The van der Waals surface area contributed by atoms with Crippen LogP contribution in [0.15, 0.2) is 28.7 Å². The molecule has 18 heavy (non-hydrogen) atoms. The number of rotatable bonds is 6. The van der Waals surface area contributed by atoms with Crippen molar-refractivity contribution in [1.82, 2.24) is 0 Å². The lowest BCUT2D eigenvalue weighted by atomic mass is 10.2. The van der Waals surface area contributed by atoms with E-state index in [0.717, 1.165) is 16.4 Å². The molecule has 7 heteroatoms. The number of sulfone groups is 1. The molecule has 0 spiro atoms. The Bertz CT molecular complexity index is 512. The van der Waals surface area contributed by atoms with Crippen molar-refractivity contribution in [2.24, 2.45) is 5.92 Å². The molecule has 100 valence electrons. The van der Waals surface area contributed by atoms with E-state index in [0.29, 0.717) is 0 Å². The summed E-state index contributed by atoms with van der Waals surface area (Å²) >= 11 is 3.29. The second-order valence-electron chi connectivity index (χ2n) is 4.02. The predicted octanol–water partition coefficient (Wildman–Crippen LogP) is 1.61. The number of nitrogens with one attached hydrogen (secondary N) is 1. The van der Waals surface area contributed by atoms with Gasteiger partial charge in [0.2, 0.25) is 0 Å². The lowest BCUT2D eigenvalue weighted by Gasteiger charge is -2.13. The molecule has 0 aliphatic heterocycles. The topological polar surface area (TPSA) is 83.5 Å². The van der Waals surface area contributed by atoms with Gasteiger partial charge in [0, 0.05) is 23.0 Å². The molecular formula is C11H14BrNO4S. The molecule has 0 fully saturated rings. The molecule has 0 aromatic heterocycles. The molecule has 0 saturated carbocycles. The average Bonchev–Trinajstić information content (AvgIpc) is 2.24. The quantitative estimate of drug-likeness (QED) is 0.825. The first-order chi connectivity index (χ1) is 8.28. The summed E-state index contributed by atoms with van der Waals surface area (Å²) in [5.41, 5.74) is 0.748.